The minimum absolute atomic E-state index is 0.481. The Morgan fingerprint density at radius 3 is 2.47 bits per heavy atom. The van der Waals surface area contributed by atoms with Gasteiger partial charge in [0.1, 0.15) is 5.69 Å². The molecule has 0 saturated carbocycles. The van der Waals surface area contributed by atoms with Crippen molar-refractivity contribution in [3.8, 4) is 0 Å². The second-order valence-corrected chi connectivity index (χ2v) is 5.05. The van der Waals surface area contributed by atoms with E-state index in [1.165, 1.54) is 0 Å². The van der Waals surface area contributed by atoms with Gasteiger partial charge in [-0.1, -0.05) is 0 Å². The molecule has 1 nitrogen and oxygen atoms in total. The normalized spacial score (nSPS) is 12.3. The maximum absolute atomic E-state index is 12.4. The number of hydrogen-bond acceptors (Lipinski definition) is 0. The molecule has 1 aromatic heterocycles. The number of fused-ring (bicyclic) bond motifs is 1. The van der Waals surface area contributed by atoms with Crippen molar-refractivity contribution in [2.45, 2.75) is 6.18 Å². The topological polar surface area (TPSA) is 15.8 Å². The number of hydrogen-bond donors (Lipinski definition) is 1. The highest BCUT2D eigenvalue weighted by Crippen LogP contribution is 2.33. The minimum atomic E-state index is -4.32. The van der Waals surface area contributed by atoms with Crippen LogP contribution in [-0.2, 0) is 6.18 Å². The van der Waals surface area contributed by atoms with Gasteiger partial charge in [0, 0.05) is 18.9 Å². The first-order valence-corrected chi connectivity index (χ1v) is 5.80. The standard InChI is InChI=1S/C9H4BrF3IN/c10-5-3-7-4(1-6(5)14)2-8(15-7)9(11,12)13/h1-3,15H. The van der Waals surface area contributed by atoms with Gasteiger partial charge in [-0.2, -0.15) is 13.2 Å². The number of rotatable bonds is 0. The maximum atomic E-state index is 12.4. The van der Waals surface area contributed by atoms with Crippen molar-refractivity contribution in [3.63, 3.8) is 0 Å². The number of aromatic nitrogens is 1. The van der Waals surface area contributed by atoms with Gasteiger partial charge in [-0.3, -0.25) is 0 Å². The average Bonchev–Trinajstić information content (AvgIpc) is 2.47. The fourth-order valence-electron chi connectivity index (χ4n) is 1.28. The highest BCUT2D eigenvalue weighted by atomic mass is 127. The molecule has 0 fully saturated rings. The van der Waals surface area contributed by atoms with Crippen LogP contribution in [0, 0.1) is 3.57 Å². The molecule has 0 aliphatic carbocycles. The summed E-state index contributed by atoms with van der Waals surface area (Å²) in [5.41, 5.74) is -0.235. The Hall–Kier alpha value is -0.240. The Balaban J connectivity index is 2.66. The predicted molar refractivity (Wildman–Crippen MR) is 63.7 cm³/mol. The lowest BCUT2D eigenvalue weighted by Gasteiger charge is -2.00. The number of benzene rings is 1. The third-order valence-corrected chi connectivity index (χ3v) is 4.26. The van der Waals surface area contributed by atoms with Crippen LogP contribution in [0.3, 0.4) is 0 Å². The SMILES string of the molecule is FC(F)(F)c1cc2cc(I)c(Br)cc2[nH]1. The summed E-state index contributed by atoms with van der Waals surface area (Å²) in [5.74, 6) is 0. The van der Waals surface area contributed by atoms with Gasteiger partial charge in [-0.25, -0.2) is 0 Å². The summed E-state index contributed by atoms with van der Waals surface area (Å²) in [6.45, 7) is 0. The van der Waals surface area contributed by atoms with Crippen molar-refractivity contribution in [2.24, 2.45) is 0 Å². The first-order chi connectivity index (χ1) is 6.88. The van der Waals surface area contributed by atoms with E-state index in [1.807, 2.05) is 0 Å². The van der Waals surface area contributed by atoms with E-state index in [4.69, 9.17) is 0 Å². The van der Waals surface area contributed by atoms with Crippen LogP contribution in [0.15, 0.2) is 22.7 Å². The Morgan fingerprint density at radius 2 is 1.87 bits per heavy atom. The van der Waals surface area contributed by atoms with Gasteiger partial charge >= 0.3 is 6.18 Å². The second-order valence-electron chi connectivity index (χ2n) is 3.03. The van der Waals surface area contributed by atoms with Crippen LogP contribution in [0.4, 0.5) is 13.2 Å². The van der Waals surface area contributed by atoms with Crippen LogP contribution in [0.5, 0.6) is 0 Å². The number of aromatic amines is 1. The summed E-state index contributed by atoms with van der Waals surface area (Å²) < 4.78 is 38.8. The molecule has 0 unspecified atom stereocenters. The van der Waals surface area contributed by atoms with E-state index in [0.29, 0.717) is 10.9 Å². The molecule has 15 heavy (non-hydrogen) atoms. The van der Waals surface area contributed by atoms with Crippen molar-refractivity contribution in [3.05, 3.63) is 31.9 Å². The van der Waals surface area contributed by atoms with E-state index in [-0.39, 0.29) is 0 Å². The van der Waals surface area contributed by atoms with E-state index in [9.17, 15) is 13.2 Å². The molecule has 0 spiro atoms. The molecular weight excluding hydrogens is 386 g/mol. The van der Waals surface area contributed by atoms with Gasteiger partial charge in [0.05, 0.1) is 0 Å². The molecule has 1 aromatic carbocycles. The number of alkyl halides is 3. The molecule has 0 radical (unpaired) electrons. The predicted octanol–water partition coefficient (Wildman–Crippen LogP) is 4.55. The zero-order valence-corrected chi connectivity index (χ0v) is 10.9. The maximum Gasteiger partial charge on any atom is 0.431 e. The zero-order valence-electron chi connectivity index (χ0n) is 7.12. The summed E-state index contributed by atoms with van der Waals surface area (Å²) in [6, 6.07) is 4.46. The van der Waals surface area contributed by atoms with Crippen LogP contribution in [0.2, 0.25) is 0 Å². The van der Waals surface area contributed by atoms with Crippen LogP contribution < -0.4 is 0 Å². The minimum Gasteiger partial charge on any atom is -0.351 e. The summed E-state index contributed by atoms with van der Waals surface area (Å²) in [5, 5.41) is 0.565. The number of H-pyrrole nitrogens is 1. The summed E-state index contributed by atoms with van der Waals surface area (Å²) in [7, 11) is 0. The van der Waals surface area contributed by atoms with Crippen molar-refractivity contribution < 1.29 is 13.2 Å². The molecule has 0 amide bonds. The van der Waals surface area contributed by atoms with E-state index >= 15 is 0 Å². The smallest absolute Gasteiger partial charge is 0.351 e. The fourth-order valence-corrected chi connectivity index (χ4v) is 2.11. The molecule has 6 heteroatoms. The first kappa shape index (κ1) is 11.3. The molecule has 2 aromatic rings. The monoisotopic (exact) mass is 389 g/mol. The van der Waals surface area contributed by atoms with Crippen molar-refractivity contribution in [2.75, 3.05) is 0 Å². The molecule has 1 N–H and O–H groups in total. The summed E-state index contributed by atoms with van der Waals surface area (Å²) in [4.78, 5) is 2.35. The third-order valence-electron chi connectivity index (χ3n) is 1.97. The van der Waals surface area contributed by atoms with Crippen LogP contribution >= 0.6 is 38.5 Å². The summed E-state index contributed by atoms with van der Waals surface area (Å²) >= 11 is 5.33. The highest BCUT2D eigenvalue weighted by molar-refractivity contribution is 14.1. The molecule has 0 saturated heterocycles. The van der Waals surface area contributed by atoms with Gasteiger partial charge in [-0.15, -0.1) is 0 Å². The van der Waals surface area contributed by atoms with Crippen LogP contribution in [0.25, 0.3) is 10.9 Å². The molecule has 2 rings (SSSR count). The highest BCUT2D eigenvalue weighted by Gasteiger charge is 2.32. The Labute approximate surface area is 105 Å². The third kappa shape index (κ3) is 2.15. The molecule has 1 heterocycles. The lowest BCUT2D eigenvalue weighted by atomic mass is 10.2. The fraction of sp³-hybridized carbons (Fsp3) is 0.111. The average molecular weight is 390 g/mol. The Bertz CT molecular complexity index is 479. The van der Waals surface area contributed by atoms with Gasteiger partial charge in [0.15, 0.2) is 0 Å². The lowest BCUT2D eigenvalue weighted by Crippen LogP contribution is -2.04. The van der Waals surface area contributed by atoms with Gasteiger partial charge < -0.3 is 4.98 Å². The lowest BCUT2D eigenvalue weighted by molar-refractivity contribution is -0.140. The molecular formula is C9H4BrF3IN. The van der Waals surface area contributed by atoms with E-state index in [0.717, 1.165) is 14.1 Å². The van der Waals surface area contributed by atoms with Gasteiger partial charge in [-0.05, 0) is 56.7 Å². The Morgan fingerprint density at radius 1 is 1.20 bits per heavy atom. The number of nitrogens with one attached hydrogen (secondary N) is 1. The number of halogens is 5. The van der Waals surface area contributed by atoms with Gasteiger partial charge in [0.25, 0.3) is 0 Å². The van der Waals surface area contributed by atoms with E-state index in [1.54, 1.807) is 12.1 Å². The summed E-state index contributed by atoms with van der Waals surface area (Å²) in [6.07, 6.45) is -4.32. The van der Waals surface area contributed by atoms with E-state index in [2.05, 4.69) is 43.5 Å². The van der Waals surface area contributed by atoms with Crippen molar-refractivity contribution in [1.82, 2.24) is 4.98 Å². The molecule has 80 valence electrons. The van der Waals surface area contributed by atoms with Gasteiger partial charge in [0.2, 0.25) is 0 Å². The van der Waals surface area contributed by atoms with Crippen molar-refractivity contribution in [1.29, 1.82) is 0 Å². The van der Waals surface area contributed by atoms with E-state index < -0.39 is 11.9 Å². The quantitative estimate of drug-likeness (QED) is 0.636. The first-order valence-electron chi connectivity index (χ1n) is 3.93. The van der Waals surface area contributed by atoms with Crippen LogP contribution in [0.1, 0.15) is 5.69 Å². The largest absolute Gasteiger partial charge is 0.431 e. The Kier molecular flexibility index (Phi) is 2.74. The molecule has 0 bridgehead atoms. The molecule has 0 aliphatic heterocycles. The second kappa shape index (κ2) is 3.65. The van der Waals surface area contributed by atoms with Crippen molar-refractivity contribution >= 4 is 49.4 Å². The molecule has 0 atom stereocenters. The van der Waals surface area contributed by atoms with Crippen LogP contribution in [-0.4, -0.2) is 4.98 Å². The zero-order chi connectivity index (χ0) is 11.2. The molecule has 0 aliphatic rings.